The summed E-state index contributed by atoms with van der Waals surface area (Å²) >= 11 is 0. The predicted octanol–water partition coefficient (Wildman–Crippen LogP) is 3.93. The zero-order valence-electron chi connectivity index (χ0n) is 17.7. The number of benzene rings is 2. The van der Waals surface area contributed by atoms with Crippen molar-refractivity contribution in [3.8, 4) is 0 Å². The van der Waals surface area contributed by atoms with Crippen LogP contribution < -0.4 is 5.32 Å². The highest BCUT2D eigenvalue weighted by molar-refractivity contribution is 7.89. The summed E-state index contributed by atoms with van der Waals surface area (Å²) in [7, 11) is -3.27. The Hall–Kier alpha value is -2.18. The zero-order chi connectivity index (χ0) is 21.4. The van der Waals surface area contributed by atoms with Gasteiger partial charge in [-0.2, -0.15) is 0 Å². The molecule has 6 heteroatoms. The molecule has 1 saturated heterocycles. The van der Waals surface area contributed by atoms with E-state index in [1.165, 1.54) is 0 Å². The Bertz CT molecular complexity index is 893. The molecule has 1 aliphatic heterocycles. The van der Waals surface area contributed by atoms with E-state index in [1.807, 2.05) is 60.7 Å². The molecule has 1 heterocycles. The van der Waals surface area contributed by atoms with Crippen molar-refractivity contribution >= 4 is 15.9 Å². The minimum atomic E-state index is -3.27. The van der Waals surface area contributed by atoms with E-state index in [9.17, 15) is 13.2 Å². The minimum Gasteiger partial charge on any atom is -0.349 e. The fourth-order valence-electron chi connectivity index (χ4n) is 4.02. The van der Waals surface area contributed by atoms with Gasteiger partial charge in [0.2, 0.25) is 15.9 Å². The number of carbonyl (C=O) groups is 1. The second kappa shape index (κ2) is 10.7. The molecule has 0 aliphatic carbocycles. The molecule has 2 aromatic carbocycles. The molecule has 3 rings (SSSR count). The first-order valence-corrected chi connectivity index (χ1v) is 12.5. The van der Waals surface area contributed by atoms with Crippen LogP contribution in [0.5, 0.6) is 0 Å². The number of sulfonamides is 1. The quantitative estimate of drug-likeness (QED) is 0.658. The predicted molar refractivity (Wildman–Crippen MR) is 120 cm³/mol. The largest absolute Gasteiger partial charge is 0.349 e. The van der Waals surface area contributed by atoms with E-state index in [-0.39, 0.29) is 23.6 Å². The van der Waals surface area contributed by atoms with Crippen molar-refractivity contribution in [3.05, 3.63) is 71.8 Å². The van der Waals surface area contributed by atoms with Crippen molar-refractivity contribution in [1.82, 2.24) is 9.62 Å². The van der Waals surface area contributed by atoms with Crippen molar-refractivity contribution < 1.29 is 13.2 Å². The van der Waals surface area contributed by atoms with Crippen molar-refractivity contribution in [2.75, 3.05) is 18.8 Å². The van der Waals surface area contributed by atoms with Crippen molar-refractivity contribution in [2.45, 2.75) is 45.1 Å². The second-order valence-corrected chi connectivity index (χ2v) is 10.0. The molecule has 162 valence electrons. The maximum Gasteiger partial charge on any atom is 0.223 e. The fraction of sp³-hybridized carbons (Fsp3) is 0.458. The molecule has 0 saturated carbocycles. The lowest BCUT2D eigenvalue weighted by molar-refractivity contribution is -0.126. The summed E-state index contributed by atoms with van der Waals surface area (Å²) in [6.07, 6.45) is 3.35. The number of nitrogens with one attached hydrogen (secondary N) is 1. The smallest absolute Gasteiger partial charge is 0.223 e. The Labute approximate surface area is 180 Å². The number of nitrogens with zero attached hydrogens (tertiary/aromatic N) is 1. The molecule has 1 atom stereocenters. The van der Waals surface area contributed by atoms with E-state index in [2.05, 4.69) is 12.2 Å². The third-order valence-corrected chi connectivity index (χ3v) is 7.81. The lowest BCUT2D eigenvalue weighted by Gasteiger charge is -2.31. The van der Waals surface area contributed by atoms with E-state index in [0.29, 0.717) is 32.4 Å². The molecular weight excluding hydrogens is 396 g/mol. The van der Waals surface area contributed by atoms with Gasteiger partial charge in [0.15, 0.2) is 0 Å². The van der Waals surface area contributed by atoms with E-state index in [0.717, 1.165) is 24.0 Å². The van der Waals surface area contributed by atoms with Gasteiger partial charge >= 0.3 is 0 Å². The molecular formula is C24H32N2O3S. The number of amides is 1. The van der Waals surface area contributed by atoms with Gasteiger partial charge in [-0.05, 0) is 43.2 Å². The highest BCUT2D eigenvalue weighted by Gasteiger charge is 2.31. The molecule has 0 radical (unpaired) electrons. The average molecular weight is 429 g/mol. The van der Waals surface area contributed by atoms with Gasteiger partial charge in [0.05, 0.1) is 11.8 Å². The van der Waals surface area contributed by atoms with Crippen molar-refractivity contribution in [1.29, 1.82) is 0 Å². The van der Waals surface area contributed by atoms with E-state index >= 15 is 0 Å². The Morgan fingerprint density at radius 2 is 1.63 bits per heavy atom. The molecule has 0 aromatic heterocycles. The lowest BCUT2D eigenvalue weighted by Crippen LogP contribution is -2.44. The van der Waals surface area contributed by atoms with Gasteiger partial charge in [0.1, 0.15) is 0 Å². The van der Waals surface area contributed by atoms with Crippen LogP contribution >= 0.6 is 0 Å². The average Bonchev–Trinajstić information content (AvgIpc) is 2.78. The van der Waals surface area contributed by atoms with Gasteiger partial charge in [-0.15, -0.1) is 0 Å². The highest BCUT2D eigenvalue weighted by Crippen LogP contribution is 2.23. The van der Waals surface area contributed by atoms with Crippen LogP contribution in [0.4, 0.5) is 0 Å². The number of hydrogen-bond donors (Lipinski definition) is 1. The minimum absolute atomic E-state index is 0.00144. The molecule has 0 unspecified atom stereocenters. The number of carbonyl (C=O) groups excluding carboxylic acids is 1. The first kappa shape index (κ1) is 22.5. The molecule has 1 fully saturated rings. The number of rotatable bonds is 9. The summed E-state index contributed by atoms with van der Waals surface area (Å²) in [6.45, 7) is 2.91. The molecule has 1 aliphatic rings. The monoisotopic (exact) mass is 428 g/mol. The molecule has 5 nitrogen and oxygen atoms in total. The van der Waals surface area contributed by atoms with Gasteiger partial charge in [0.25, 0.3) is 0 Å². The number of aryl methyl sites for hydroxylation is 1. The van der Waals surface area contributed by atoms with E-state index < -0.39 is 10.0 Å². The molecule has 1 amide bonds. The number of hydrogen-bond acceptors (Lipinski definition) is 3. The van der Waals surface area contributed by atoms with Crippen LogP contribution in [0.3, 0.4) is 0 Å². The third-order valence-electron chi connectivity index (χ3n) is 5.86. The van der Waals surface area contributed by atoms with Crippen LogP contribution in [-0.2, 0) is 21.2 Å². The van der Waals surface area contributed by atoms with Gasteiger partial charge in [-0.25, -0.2) is 12.7 Å². The molecule has 1 N–H and O–H groups in total. The molecule has 30 heavy (non-hydrogen) atoms. The van der Waals surface area contributed by atoms with Crippen molar-refractivity contribution in [3.63, 3.8) is 0 Å². The fourth-order valence-corrected chi connectivity index (χ4v) is 5.56. The first-order valence-electron chi connectivity index (χ1n) is 10.9. The van der Waals surface area contributed by atoms with Crippen molar-refractivity contribution in [2.24, 2.45) is 5.92 Å². The maximum absolute atomic E-state index is 12.7. The van der Waals surface area contributed by atoms with E-state index in [1.54, 1.807) is 4.31 Å². The van der Waals surface area contributed by atoms with Crippen LogP contribution in [0.2, 0.25) is 0 Å². The van der Waals surface area contributed by atoms with Crippen LogP contribution in [0.1, 0.15) is 49.8 Å². The number of piperidine rings is 1. The Kier molecular flexibility index (Phi) is 8.05. The molecule has 0 spiro atoms. The Balaban J connectivity index is 1.46. The van der Waals surface area contributed by atoms with Crippen LogP contribution in [0, 0.1) is 5.92 Å². The van der Waals surface area contributed by atoms with Crippen LogP contribution in [0.25, 0.3) is 0 Å². The zero-order valence-corrected chi connectivity index (χ0v) is 18.5. The Morgan fingerprint density at radius 1 is 1.03 bits per heavy atom. The summed E-state index contributed by atoms with van der Waals surface area (Å²) in [4.78, 5) is 12.7. The summed E-state index contributed by atoms with van der Waals surface area (Å²) < 4.78 is 26.9. The van der Waals surface area contributed by atoms with Gasteiger partial charge < -0.3 is 5.32 Å². The summed E-state index contributed by atoms with van der Waals surface area (Å²) in [5.41, 5.74) is 2.26. The van der Waals surface area contributed by atoms with Gasteiger partial charge in [-0.1, -0.05) is 67.6 Å². The summed E-state index contributed by atoms with van der Waals surface area (Å²) in [5.74, 6) is 0.0652. The Morgan fingerprint density at radius 3 is 2.23 bits per heavy atom. The topological polar surface area (TPSA) is 66.5 Å². The lowest BCUT2D eigenvalue weighted by atomic mass is 9.96. The third kappa shape index (κ3) is 6.16. The highest BCUT2D eigenvalue weighted by atomic mass is 32.2. The normalized spacial score (nSPS) is 16.8. The summed E-state index contributed by atoms with van der Waals surface area (Å²) in [5, 5.41) is 3.15. The van der Waals surface area contributed by atoms with Gasteiger partial charge in [-0.3, -0.25) is 4.79 Å². The van der Waals surface area contributed by atoms with E-state index in [4.69, 9.17) is 0 Å². The second-order valence-electron chi connectivity index (χ2n) is 7.96. The first-order chi connectivity index (χ1) is 14.5. The maximum atomic E-state index is 12.7. The van der Waals surface area contributed by atoms with Crippen LogP contribution in [0.15, 0.2) is 60.7 Å². The summed E-state index contributed by atoms with van der Waals surface area (Å²) in [6, 6.07) is 19.9. The molecule has 0 bridgehead atoms. The van der Waals surface area contributed by atoms with Crippen LogP contribution in [-0.4, -0.2) is 37.5 Å². The SMILES string of the molecule is CC[C@@H](NC(=O)C1CCN(S(=O)(=O)CCCc2ccccc2)CC1)c1ccccc1. The van der Waals surface area contributed by atoms with Gasteiger partial charge in [0, 0.05) is 19.0 Å². The standard InChI is InChI=1S/C24H32N2O3S/c1-2-23(21-13-7-4-8-14-21)25-24(27)22-15-17-26(18-16-22)30(28,29)19-9-12-20-10-5-3-6-11-20/h3-8,10-11,13-14,22-23H,2,9,12,15-19H2,1H3,(H,25,27)/t23-/m1/s1. The molecule has 2 aromatic rings.